The molecule has 0 radical (unpaired) electrons. The molecule has 0 saturated carbocycles. The van der Waals surface area contributed by atoms with Crippen LogP contribution >= 0.6 is 0 Å². The molecule has 0 bridgehead atoms. The smallest absolute Gasteiger partial charge is 0.236 e. The summed E-state index contributed by atoms with van der Waals surface area (Å²) in [7, 11) is 1.86. The summed E-state index contributed by atoms with van der Waals surface area (Å²) in [6.07, 6.45) is 1.62. The molecule has 0 atom stereocenters. The Hall–Kier alpha value is -3.53. The lowest BCUT2D eigenvalue weighted by Gasteiger charge is -2.33. The maximum absolute atomic E-state index is 13.4. The highest BCUT2D eigenvalue weighted by Crippen LogP contribution is 2.27. The van der Waals surface area contributed by atoms with E-state index in [0.717, 1.165) is 31.6 Å². The summed E-state index contributed by atoms with van der Waals surface area (Å²) in [5, 5.41) is 0. The molecule has 1 aromatic heterocycles. The second-order valence-electron chi connectivity index (χ2n) is 8.63. The predicted octanol–water partition coefficient (Wildman–Crippen LogP) is 3.80. The number of benzene rings is 2. The average molecular weight is 483 g/mol. The number of halogens is 2. The number of aromatic nitrogens is 3. The van der Waals surface area contributed by atoms with Crippen LogP contribution in [-0.2, 0) is 4.74 Å². The van der Waals surface area contributed by atoms with E-state index in [4.69, 9.17) is 24.4 Å². The molecular weight excluding hydrogens is 454 g/mol. The first kappa shape index (κ1) is 23.2. The van der Waals surface area contributed by atoms with Crippen molar-refractivity contribution in [1.82, 2.24) is 15.0 Å². The number of anilines is 4. The number of rotatable bonds is 6. The molecule has 2 aliphatic rings. The van der Waals surface area contributed by atoms with Gasteiger partial charge in [0.2, 0.25) is 17.8 Å². The minimum Gasteiger partial charge on any atom is -0.490 e. The van der Waals surface area contributed by atoms with E-state index in [0.29, 0.717) is 49.9 Å². The highest BCUT2D eigenvalue weighted by molar-refractivity contribution is 5.59. The molecule has 5 rings (SSSR count). The summed E-state index contributed by atoms with van der Waals surface area (Å²) >= 11 is 0. The van der Waals surface area contributed by atoms with Crippen LogP contribution in [0.5, 0.6) is 5.75 Å². The molecule has 0 amide bonds. The van der Waals surface area contributed by atoms with E-state index >= 15 is 0 Å². The summed E-state index contributed by atoms with van der Waals surface area (Å²) in [6.45, 7) is 4.09. The summed E-state index contributed by atoms with van der Waals surface area (Å²) in [5.74, 6) is 1.80. The average Bonchev–Trinajstić information content (AvgIpc) is 2.91. The Bertz CT molecular complexity index is 1120. The minimum atomic E-state index is -0.293. The van der Waals surface area contributed by atoms with Crippen molar-refractivity contribution in [2.45, 2.75) is 18.9 Å². The second kappa shape index (κ2) is 10.4. The first-order valence-corrected chi connectivity index (χ1v) is 11.8. The van der Waals surface area contributed by atoms with Crippen LogP contribution in [0.1, 0.15) is 12.8 Å². The fraction of sp³-hybridized carbons (Fsp3) is 0.400. The lowest BCUT2D eigenvalue weighted by atomic mass is 10.1. The van der Waals surface area contributed by atoms with Crippen molar-refractivity contribution in [2.75, 3.05) is 61.1 Å². The van der Waals surface area contributed by atoms with Crippen LogP contribution in [0, 0.1) is 11.6 Å². The second-order valence-corrected chi connectivity index (χ2v) is 8.63. The number of morpholine rings is 1. The Morgan fingerprint density at radius 2 is 1.34 bits per heavy atom. The third kappa shape index (κ3) is 5.59. The number of ether oxygens (including phenoxy) is 2. The predicted molar refractivity (Wildman–Crippen MR) is 130 cm³/mol. The van der Waals surface area contributed by atoms with Gasteiger partial charge in [-0.3, -0.25) is 0 Å². The summed E-state index contributed by atoms with van der Waals surface area (Å²) in [5.41, 5.74) is 0.780. The number of hydrogen-bond donors (Lipinski definition) is 0. The fourth-order valence-corrected chi connectivity index (χ4v) is 4.20. The molecule has 0 unspecified atom stereocenters. The zero-order chi connectivity index (χ0) is 24.2. The summed E-state index contributed by atoms with van der Waals surface area (Å²) in [6, 6.07) is 12.4. The SMILES string of the molecule is CN(c1ccc(F)cc1)c1nc(N2CCOCC2)nc(N2CCC(Oc3ccc(F)cc3)CC2)n1. The number of piperidine rings is 1. The molecule has 0 spiro atoms. The molecule has 3 aromatic rings. The zero-order valence-electron chi connectivity index (χ0n) is 19.6. The molecular formula is C25H28F2N6O2. The topological polar surface area (TPSA) is 66.9 Å². The van der Waals surface area contributed by atoms with Gasteiger partial charge in [0, 0.05) is 51.8 Å². The van der Waals surface area contributed by atoms with Gasteiger partial charge in [0.05, 0.1) is 13.2 Å². The largest absolute Gasteiger partial charge is 0.490 e. The van der Waals surface area contributed by atoms with Crippen LogP contribution in [0.25, 0.3) is 0 Å². The molecule has 10 heteroatoms. The summed E-state index contributed by atoms with van der Waals surface area (Å²) in [4.78, 5) is 20.4. The molecule has 8 nitrogen and oxygen atoms in total. The van der Waals surface area contributed by atoms with Crippen molar-refractivity contribution in [3.05, 3.63) is 60.2 Å². The Kier molecular flexibility index (Phi) is 6.89. The van der Waals surface area contributed by atoms with E-state index in [2.05, 4.69) is 9.80 Å². The number of hydrogen-bond acceptors (Lipinski definition) is 8. The quantitative estimate of drug-likeness (QED) is 0.526. The normalized spacial score (nSPS) is 16.9. The molecule has 35 heavy (non-hydrogen) atoms. The molecule has 2 aliphatic heterocycles. The van der Waals surface area contributed by atoms with Crippen molar-refractivity contribution in [3.8, 4) is 5.75 Å². The zero-order valence-corrected chi connectivity index (χ0v) is 19.6. The lowest BCUT2D eigenvalue weighted by molar-refractivity contribution is 0.122. The van der Waals surface area contributed by atoms with Gasteiger partial charge in [-0.1, -0.05) is 0 Å². The lowest BCUT2D eigenvalue weighted by Crippen LogP contribution is -2.41. The number of nitrogens with zero attached hydrogens (tertiary/aromatic N) is 6. The molecule has 2 aromatic carbocycles. The Morgan fingerprint density at radius 1 is 0.800 bits per heavy atom. The van der Waals surface area contributed by atoms with E-state index < -0.39 is 0 Å². The van der Waals surface area contributed by atoms with Gasteiger partial charge in [0.1, 0.15) is 23.5 Å². The van der Waals surface area contributed by atoms with Gasteiger partial charge in [-0.05, 0) is 48.5 Å². The monoisotopic (exact) mass is 482 g/mol. The van der Waals surface area contributed by atoms with Gasteiger partial charge < -0.3 is 24.2 Å². The standard InChI is InChI=1S/C25H28F2N6O2/c1-31(20-6-2-18(26)3-7-20)23-28-24(30-25(29-23)33-14-16-34-17-15-33)32-12-10-22(11-13-32)35-21-8-4-19(27)5-9-21/h2-9,22H,10-17H2,1H3. The molecule has 3 heterocycles. The molecule has 184 valence electrons. The summed E-state index contributed by atoms with van der Waals surface area (Å²) < 4.78 is 38.1. The third-order valence-electron chi connectivity index (χ3n) is 6.25. The van der Waals surface area contributed by atoms with E-state index in [1.165, 1.54) is 24.3 Å². The third-order valence-corrected chi connectivity index (χ3v) is 6.25. The van der Waals surface area contributed by atoms with Gasteiger partial charge in [0.15, 0.2) is 0 Å². The Morgan fingerprint density at radius 3 is 1.94 bits per heavy atom. The maximum Gasteiger partial charge on any atom is 0.236 e. The van der Waals surface area contributed by atoms with Gasteiger partial charge in [0.25, 0.3) is 0 Å². The Labute approximate surface area is 203 Å². The highest BCUT2D eigenvalue weighted by Gasteiger charge is 2.25. The molecule has 0 N–H and O–H groups in total. The fourth-order valence-electron chi connectivity index (χ4n) is 4.20. The van der Waals surface area contributed by atoms with Crippen molar-refractivity contribution in [2.24, 2.45) is 0 Å². The van der Waals surface area contributed by atoms with Crippen molar-refractivity contribution < 1.29 is 18.3 Å². The van der Waals surface area contributed by atoms with Crippen LogP contribution in [0.3, 0.4) is 0 Å². The molecule has 2 saturated heterocycles. The van der Waals surface area contributed by atoms with Gasteiger partial charge in [-0.2, -0.15) is 15.0 Å². The van der Waals surface area contributed by atoms with E-state index in [1.807, 2.05) is 11.9 Å². The highest BCUT2D eigenvalue weighted by atomic mass is 19.1. The van der Waals surface area contributed by atoms with Crippen molar-refractivity contribution >= 4 is 23.5 Å². The van der Waals surface area contributed by atoms with E-state index in [9.17, 15) is 8.78 Å². The first-order chi connectivity index (χ1) is 17.0. The molecule has 0 aliphatic carbocycles. The van der Waals surface area contributed by atoms with Gasteiger partial charge in [-0.25, -0.2) is 8.78 Å². The van der Waals surface area contributed by atoms with Crippen LogP contribution in [0.15, 0.2) is 48.5 Å². The van der Waals surface area contributed by atoms with Crippen LogP contribution in [0.2, 0.25) is 0 Å². The van der Waals surface area contributed by atoms with Gasteiger partial charge in [-0.15, -0.1) is 0 Å². The van der Waals surface area contributed by atoms with Gasteiger partial charge >= 0.3 is 0 Å². The molecule has 2 fully saturated rings. The Balaban J connectivity index is 1.35. The van der Waals surface area contributed by atoms with Crippen LogP contribution in [0.4, 0.5) is 32.3 Å². The maximum atomic E-state index is 13.4. The van der Waals surface area contributed by atoms with E-state index in [1.54, 1.807) is 24.3 Å². The minimum absolute atomic E-state index is 0.0404. The van der Waals surface area contributed by atoms with E-state index in [-0.39, 0.29) is 17.7 Å². The van der Waals surface area contributed by atoms with Crippen molar-refractivity contribution in [1.29, 1.82) is 0 Å². The first-order valence-electron chi connectivity index (χ1n) is 11.8. The van der Waals surface area contributed by atoms with Crippen LogP contribution < -0.4 is 19.4 Å². The van der Waals surface area contributed by atoms with Crippen LogP contribution in [-0.4, -0.2) is 67.5 Å². The van der Waals surface area contributed by atoms with Crippen molar-refractivity contribution in [3.63, 3.8) is 0 Å².